The Hall–Kier alpha value is -3.94. The molecule has 8 heteroatoms. The van der Waals surface area contributed by atoms with E-state index in [1.54, 1.807) is 35.1 Å². The molecule has 0 fully saturated rings. The Balaban J connectivity index is 1.71. The van der Waals surface area contributed by atoms with Gasteiger partial charge in [0.25, 0.3) is 5.91 Å². The maximum absolute atomic E-state index is 13.7. The summed E-state index contributed by atoms with van der Waals surface area (Å²) in [4.78, 5) is 16.8. The van der Waals surface area contributed by atoms with Crippen molar-refractivity contribution in [3.8, 4) is 11.4 Å². The SMILES string of the molecule is CCCNC(=O)c1ccc(-n2cccn2)c([C@H](C)Oc2cc3cc(F)ccc3nc2N)c1. The maximum Gasteiger partial charge on any atom is 0.251 e. The number of amides is 1. The number of fused-ring (bicyclic) bond motifs is 1. The Morgan fingerprint density at radius 3 is 2.84 bits per heavy atom. The highest BCUT2D eigenvalue weighted by atomic mass is 19.1. The number of pyridine rings is 1. The Morgan fingerprint density at radius 1 is 1.25 bits per heavy atom. The molecule has 0 saturated heterocycles. The topological polar surface area (TPSA) is 95.1 Å². The van der Waals surface area contributed by atoms with Crippen LogP contribution in [0.5, 0.6) is 5.75 Å². The standard InChI is InChI=1S/C24H24FN5O2/c1-3-9-27-24(31)16-5-8-21(30-11-4-10-28-30)19(13-16)15(2)32-22-14-17-12-18(25)6-7-20(17)29-23(22)26/h4-8,10-15H,3,9H2,1-2H3,(H2,26,29)(H,27,31)/t15-/m0/s1. The second-order valence-electron chi connectivity index (χ2n) is 7.45. The van der Waals surface area contributed by atoms with Gasteiger partial charge in [-0.05, 0) is 61.9 Å². The Labute approximate surface area is 185 Å². The van der Waals surface area contributed by atoms with Crippen molar-refractivity contribution in [1.82, 2.24) is 20.1 Å². The quantitative estimate of drug-likeness (QED) is 0.450. The van der Waals surface area contributed by atoms with Crippen molar-refractivity contribution in [3.05, 3.63) is 77.9 Å². The second kappa shape index (κ2) is 9.05. The van der Waals surface area contributed by atoms with Gasteiger partial charge in [0.15, 0.2) is 11.6 Å². The van der Waals surface area contributed by atoms with Gasteiger partial charge in [-0.15, -0.1) is 0 Å². The van der Waals surface area contributed by atoms with Crippen molar-refractivity contribution in [2.75, 3.05) is 12.3 Å². The molecule has 4 aromatic rings. The number of hydrogen-bond acceptors (Lipinski definition) is 5. The summed E-state index contributed by atoms with van der Waals surface area (Å²) in [5.74, 6) is 0.0146. The predicted molar refractivity (Wildman–Crippen MR) is 121 cm³/mol. The number of anilines is 1. The van der Waals surface area contributed by atoms with Gasteiger partial charge in [-0.3, -0.25) is 4.79 Å². The highest BCUT2D eigenvalue weighted by molar-refractivity contribution is 5.94. The van der Waals surface area contributed by atoms with E-state index in [4.69, 9.17) is 10.5 Å². The van der Waals surface area contributed by atoms with Crippen LogP contribution in [0.4, 0.5) is 10.2 Å². The highest BCUT2D eigenvalue weighted by Gasteiger charge is 2.19. The van der Waals surface area contributed by atoms with Crippen molar-refractivity contribution >= 4 is 22.6 Å². The summed E-state index contributed by atoms with van der Waals surface area (Å²) in [5.41, 5.74) is 8.72. The molecule has 32 heavy (non-hydrogen) atoms. The number of nitrogens with zero attached hydrogens (tertiary/aromatic N) is 3. The number of halogens is 1. The molecular formula is C24H24FN5O2. The minimum absolute atomic E-state index is 0.158. The van der Waals surface area contributed by atoms with Crippen molar-refractivity contribution in [3.63, 3.8) is 0 Å². The molecule has 7 nitrogen and oxygen atoms in total. The van der Waals surface area contributed by atoms with Crippen molar-refractivity contribution < 1.29 is 13.9 Å². The second-order valence-corrected chi connectivity index (χ2v) is 7.45. The largest absolute Gasteiger partial charge is 0.482 e. The third-order valence-corrected chi connectivity index (χ3v) is 5.09. The lowest BCUT2D eigenvalue weighted by Crippen LogP contribution is -2.24. The summed E-state index contributed by atoms with van der Waals surface area (Å²) >= 11 is 0. The molecule has 0 unspecified atom stereocenters. The number of carbonyl (C=O) groups is 1. The Kier molecular flexibility index (Phi) is 6.02. The molecule has 0 aliphatic carbocycles. The zero-order valence-corrected chi connectivity index (χ0v) is 17.9. The first-order chi connectivity index (χ1) is 15.5. The van der Waals surface area contributed by atoms with E-state index in [1.807, 2.05) is 32.2 Å². The van der Waals surface area contributed by atoms with Crippen LogP contribution in [0.15, 0.2) is 60.9 Å². The number of benzene rings is 2. The van der Waals surface area contributed by atoms with Gasteiger partial charge in [-0.2, -0.15) is 5.10 Å². The first-order valence-electron chi connectivity index (χ1n) is 10.4. The molecule has 4 rings (SSSR count). The van der Waals surface area contributed by atoms with Crippen LogP contribution in [0.2, 0.25) is 0 Å². The number of nitrogen functional groups attached to an aromatic ring is 1. The van der Waals surface area contributed by atoms with Crippen LogP contribution < -0.4 is 15.8 Å². The van der Waals surface area contributed by atoms with Crippen LogP contribution in [-0.2, 0) is 0 Å². The lowest BCUT2D eigenvalue weighted by atomic mass is 10.0. The van der Waals surface area contributed by atoms with Crippen LogP contribution >= 0.6 is 0 Å². The first kappa shape index (κ1) is 21.3. The third-order valence-electron chi connectivity index (χ3n) is 5.09. The molecule has 2 heterocycles. The molecule has 1 amide bonds. The highest BCUT2D eigenvalue weighted by Crippen LogP contribution is 2.32. The number of nitrogens with two attached hydrogens (primary N) is 1. The van der Waals surface area contributed by atoms with Gasteiger partial charge in [-0.1, -0.05) is 6.92 Å². The van der Waals surface area contributed by atoms with Gasteiger partial charge in [0.2, 0.25) is 0 Å². The molecule has 164 valence electrons. The van der Waals surface area contributed by atoms with E-state index >= 15 is 0 Å². The number of aromatic nitrogens is 3. The Bertz CT molecular complexity index is 1260. The van der Waals surface area contributed by atoms with Crippen LogP contribution in [0.3, 0.4) is 0 Å². The molecule has 3 N–H and O–H groups in total. The summed E-state index contributed by atoms with van der Waals surface area (Å²) in [7, 11) is 0. The minimum Gasteiger partial charge on any atom is -0.482 e. The normalized spacial score (nSPS) is 12.0. The molecule has 0 aliphatic heterocycles. The maximum atomic E-state index is 13.7. The van der Waals surface area contributed by atoms with Gasteiger partial charge in [0, 0.05) is 35.5 Å². The summed E-state index contributed by atoms with van der Waals surface area (Å²) in [5, 5.41) is 7.78. The van der Waals surface area contributed by atoms with Gasteiger partial charge >= 0.3 is 0 Å². The van der Waals surface area contributed by atoms with E-state index in [0.29, 0.717) is 28.8 Å². The van der Waals surface area contributed by atoms with Crippen molar-refractivity contribution in [2.45, 2.75) is 26.4 Å². The number of ether oxygens (including phenoxy) is 1. The summed E-state index contributed by atoms with van der Waals surface area (Å²) in [6.45, 7) is 4.44. The van der Waals surface area contributed by atoms with Crippen molar-refractivity contribution in [2.24, 2.45) is 0 Å². The summed E-state index contributed by atoms with van der Waals surface area (Å²) in [6, 6.07) is 13.2. The number of carbonyl (C=O) groups excluding carboxylic acids is 1. The van der Waals surface area contributed by atoms with E-state index < -0.39 is 6.10 Å². The van der Waals surface area contributed by atoms with E-state index in [2.05, 4.69) is 15.4 Å². The van der Waals surface area contributed by atoms with E-state index in [-0.39, 0.29) is 17.5 Å². The zero-order valence-electron chi connectivity index (χ0n) is 17.9. The molecule has 2 aromatic heterocycles. The molecule has 1 atom stereocenters. The van der Waals surface area contributed by atoms with Gasteiger partial charge in [0.1, 0.15) is 11.9 Å². The van der Waals surface area contributed by atoms with Crippen LogP contribution in [-0.4, -0.2) is 27.2 Å². The van der Waals surface area contributed by atoms with E-state index in [0.717, 1.165) is 17.7 Å². The summed E-state index contributed by atoms with van der Waals surface area (Å²) in [6.07, 6.45) is 3.84. The first-order valence-corrected chi connectivity index (χ1v) is 10.4. The van der Waals surface area contributed by atoms with Crippen molar-refractivity contribution in [1.29, 1.82) is 0 Å². The molecule has 0 spiro atoms. The van der Waals surface area contributed by atoms with Crippen LogP contribution in [0.1, 0.15) is 42.3 Å². The lowest BCUT2D eigenvalue weighted by Gasteiger charge is -2.20. The number of rotatable bonds is 7. The molecule has 0 radical (unpaired) electrons. The van der Waals surface area contributed by atoms with Gasteiger partial charge in [0.05, 0.1) is 11.2 Å². The van der Waals surface area contributed by atoms with E-state index in [9.17, 15) is 9.18 Å². The molecular weight excluding hydrogens is 409 g/mol. The average Bonchev–Trinajstić information content (AvgIpc) is 3.32. The van der Waals surface area contributed by atoms with E-state index in [1.165, 1.54) is 12.1 Å². The number of nitrogens with one attached hydrogen (secondary N) is 1. The average molecular weight is 433 g/mol. The molecule has 0 saturated carbocycles. The summed E-state index contributed by atoms with van der Waals surface area (Å²) < 4.78 is 21.5. The third kappa shape index (κ3) is 4.39. The molecule has 2 aromatic carbocycles. The fraction of sp³-hybridized carbons (Fsp3) is 0.208. The Morgan fingerprint density at radius 2 is 2.09 bits per heavy atom. The number of hydrogen-bond donors (Lipinski definition) is 2. The zero-order chi connectivity index (χ0) is 22.7. The lowest BCUT2D eigenvalue weighted by molar-refractivity contribution is 0.0953. The van der Waals surface area contributed by atoms with Gasteiger partial charge in [-0.25, -0.2) is 14.1 Å². The van der Waals surface area contributed by atoms with Crippen LogP contribution in [0.25, 0.3) is 16.6 Å². The van der Waals surface area contributed by atoms with Gasteiger partial charge < -0.3 is 15.8 Å². The fourth-order valence-electron chi connectivity index (χ4n) is 3.47. The monoisotopic (exact) mass is 433 g/mol. The minimum atomic E-state index is -0.497. The molecule has 0 aliphatic rings. The predicted octanol–water partition coefficient (Wildman–Crippen LogP) is 4.42. The fourth-order valence-corrected chi connectivity index (χ4v) is 3.47. The van der Waals surface area contributed by atoms with Crippen LogP contribution in [0, 0.1) is 5.82 Å². The smallest absolute Gasteiger partial charge is 0.251 e. The molecule has 0 bridgehead atoms.